The zero-order valence-electron chi connectivity index (χ0n) is 11.5. The SMILES string of the molecule is CC(C)Oc1cccc(CNC2(C)CCOC2)c1. The number of nitrogens with one attached hydrogen (secondary N) is 1. The topological polar surface area (TPSA) is 30.5 Å². The van der Waals surface area contributed by atoms with Crippen molar-refractivity contribution < 1.29 is 9.47 Å². The van der Waals surface area contributed by atoms with Crippen LogP contribution in [0.5, 0.6) is 5.75 Å². The van der Waals surface area contributed by atoms with Crippen LogP contribution >= 0.6 is 0 Å². The minimum Gasteiger partial charge on any atom is -0.491 e. The van der Waals surface area contributed by atoms with E-state index >= 15 is 0 Å². The van der Waals surface area contributed by atoms with E-state index in [1.54, 1.807) is 0 Å². The zero-order chi connectivity index (χ0) is 13.0. The van der Waals surface area contributed by atoms with E-state index in [0.29, 0.717) is 0 Å². The number of rotatable bonds is 5. The molecular weight excluding hydrogens is 226 g/mol. The molecule has 2 rings (SSSR count). The monoisotopic (exact) mass is 249 g/mol. The van der Waals surface area contributed by atoms with Gasteiger partial charge >= 0.3 is 0 Å². The Morgan fingerprint density at radius 2 is 2.28 bits per heavy atom. The summed E-state index contributed by atoms with van der Waals surface area (Å²) >= 11 is 0. The van der Waals surface area contributed by atoms with Crippen LogP contribution in [0, 0.1) is 0 Å². The normalized spacial score (nSPS) is 23.6. The van der Waals surface area contributed by atoms with Gasteiger partial charge in [-0.3, -0.25) is 0 Å². The number of benzene rings is 1. The van der Waals surface area contributed by atoms with Crippen molar-refractivity contribution in [3.8, 4) is 5.75 Å². The molecule has 0 spiro atoms. The van der Waals surface area contributed by atoms with E-state index in [4.69, 9.17) is 9.47 Å². The van der Waals surface area contributed by atoms with E-state index in [9.17, 15) is 0 Å². The second-order valence-corrected chi connectivity index (χ2v) is 5.53. The fourth-order valence-electron chi connectivity index (χ4n) is 2.12. The van der Waals surface area contributed by atoms with Crippen LogP contribution in [0.15, 0.2) is 24.3 Å². The van der Waals surface area contributed by atoms with Crippen LogP contribution in [0.1, 0.15) is 32.8 Å². The molecule has 1 fully saturated rings. The Hall–Kier alpha value is -1.06. The van der Waals surface area contributed by atoms with Crippen molar-refractivity contribution >= 4 is 0 Å². The van der Waals surface area contributed by atoms with Gasteiger partial charge in [-0.1, -0.05) is 12.1 Å². The second-order valence-electron chi connectivity index (χ2n) is 5.53. The van der Waals surface area contributed by atoms with Crippen molar-refractivity contribution in [2.45, 2.75) is 45.4 Å². The largest absolute Gasteiger partial charge is 0.491 e. The van der Waals surface area contributed by atoms with Crippen LogP contribution in [0.4, 0.5) is 0 Å². The van der Waals surface area contributed by atoms with Gasteiger partial charge in [0.2, 0.25) is 0 Å². The van der Waals surface area contributed by atoms with Crippen LogP contribution in [0.25, 0.3) is 0 Å². The molecule has 0 radical (unpaired) electrons. The van der Waals surface area contributed by atoms with Gasteiger partial charge in [-0.05, 0) is 44.9 Å². The van der Waals surface area contributed by atoms with Gasteiger partial charge in [0, 0.05) is 18.7 Å². The lowest BCUT2D eigenvalue weighted by Crippen LogP contribution is -2.42. The Morgan fingerprint density at radius 1 is 1.44 bits per heavy atom. The molecular formula is C15H23NO2. The van der Waals surface area contributed by atoms with Crippen molar-refractivity contribution in [2.24, 2.45) is 0 Å². The maximum Gasteiger partial charge on any atom is 0.120 e. The van der Waals surface area contributed by atoms with Crippen molar-refractivity contribution in [1.29, 1.82) is 0 Å². The quantitative estimate of drug-likeness (QED) is 0.870. The van der Waals surface area contributed by atoms with Gasteiger partial charge in [-0.25, -0.2) is 0 Å². The van der Waals surface area contributed by atoms with Crippen LogP contribution in [0.3, 0.4) is 0 Å². The molecule has 0 bridgehead atoms. The van der Waals surface area contributed by atoms with Gasteiger partial charge in [0.15, 0.2) is 0 Å². The van der Waals surface area contributed by atoms with Crippen molar-refractivity contribution in [3.05, 3.63) is 29.8 Å². The first-order chi connectivity index (χ1) is 8.57. The minimum absolute atomic E-state index is 0.120. The number of hydrogen-bond acceptors (Lipinski definition) is 3. The highest BCUT2D eigenvalue weighted by molar-refractivity contribution is 5.28. The van der Waals surface area contributed by atoms with Crippen molar-refractivity contribution in [3.63, 3.8) is 0 Å². The van der Waals surface area contributed by atoms with E-state index in [1.165, 1.54) is 5.56 Å². The molecule has 1 aliphatic heterocycles. The van der Waals surface area contributed by atoms with E-state index in [-0.39, 0.29) is 11.6 Å². The predicted molar refractivity (Wildman–Crippen MR) is 72.9 cm³/mol. The Balaban J connectivity index is 1.92. The summed E-state index contributed by atoms with van der Waals surface area (Å²) in [5.41, 5.74) is 1.37. The van der Waals surface area contributed by atoms with Gasteiger partial charge < -0.3 is 14.8 Å². The van der Waals surface area contributed by atoms with Crippen LogP contribution in [-0.2, 0) is 11.3 Å². The first kappa shape index (κ1) is 13.4. The maximum atomic E-state index is 5.70. The summed E-state index contributed by atoms with van der Waals surface area (Å²) in [6.07, 6.45) is 1.30. The average molecular weight is 249 g/mol. The second kappa shape index (κ2) is 5.72. The summed E-state index contributed by atoms with van der Waals surface area (Å²) in [4.78, 5) is 0. The van der Waals surface area contributed by atoms with E-state index in [0.717, 1.165) is 31.9 Å². The molecule has 0 aromatic heterocycles. The molecule has 0 aliphatic carbocycles. The molecule has 1 unspecified atom stereocenters. The standard InChI is InChI=1S/C15H23NO2/c1-12(2)18-14-6-4-5-13(9-14)10-16-15(3)7-8-17-11-15/h4-6,9,12,16H,7-8,10-11H2,1-3H3. The average Bonchev–Trinajstić information content (AvgIpc) is 2.74. The van der Waals surface area contributed by atoms with E-state index < -0.39 is 0 Å². The summed E-state index contributed by atoms with van der Waals surface area (Å²) in [7, 11) is 0. The summed E-state index contributed by atoms with van der Waals surface area (Å²) in [5, 5.41) is 3.57. The molecule has 0 amide bonds. The first-order valence-electron chi connectivity index (χ1n) is 6.66. The number of hydrogen-bond donors (Lipinski definition) is 1. The van der Waals surface area contributed by atoms with Crippen molar-refractivity contribution in [1.82, 2.24) is 5.32 Å². The molecule has 3 nitrogen and oxygen atoms in total. The van der Waals surface area contributed by atoms with Gasteiger partial charge in [0.1, 0.15) is 5.75 Å². The molecule has 1 aromatic carbocycles. The maximum absolute atomic E-state index is 5.70. The molecule has 1 heterocycles. The van der Waals surface area contributed by atoms with Gasteiger partial charge in [-0.15, -0.1) is 0 Å². The predicted octanol–water partition coefficient (Wildman–Crippen LogP) is 2.74. The van der Waals surface area contributed by atoms with Gasteiger partial charge in [0.05, 0.1) is 12.7 Å². The molecule has 1 N–H and O–H groups in total. The summed E-state index contributed by atoms with van der Waals surface area (Å²) in [6.45, 7) is 8.82. The number of ether oxygens (including phenoxy) is 2. The highest BCUT2D eigenvalue weighted by Gasteiger charge is 2.28. The van der Waals surface area contributed by atoms with Crippen LogP contribution in [0.2, 0.25) is 0 Å². The zero-order valence-corrected chi connectivity index (χ0v) is 11.5. The lowest BCUT2D eigenvalue weighted by atomic mass is 10.0. The molecule has 1 saturated heterocycles. The Kier molecular flexibility index (Phi) is 4.25. The molecule has 1 aromatic rings. The Bertz CT molecular complexity index is 384. The molecule has 3 heteroatoms. The van der Waals surface area contributed by atoms with E-state index in [2.05, 4.69) is 24.4 Å². The van der Waals surface area contributed by atoms with Crippen LogP contribution < -0.4 is 10.1 Å². The molecule has 100 valence electrons. The summed E-state index contributed by atoms with van der Waals surface area (Å²) in [6, 6.07) is 8.28. The molecule has 18 heavy (non-hydrogen) atoms. The highest BCUT2D eigenvalue weighted by Crippen LogP contribution is 2.19. The summed E-state index contributed by atoms with van der Waals surface area (Å²) in [5.74, 6) is 0.942. The minimum atomic E-state index is 0.120. The van der Waals surface area contributed by atoms with Crippen molar-refractivity contribution in [2.75, 3.05) is 13.2 Å². The van der Waals surface area contributed by atoms with Crippen LogP contribution in [-0.4, -0.2) is 24.9 Å². The highest BCUT2D eigenvalue weighted by atomic mass is 16.5. The first-order valence-corrected chi connectivity index (χ1v) is 6.66. The third-order valence-electron chi connectivity index (χ3n) is 3.21. The summed E-state index contributed by atoms with van der Waals surface area (Å²) < 4.78 is 11.1. The Morgan fingerprint density at radius 3 is 2.94 bits per heavy atom. The fraction of sp³-hybridized carbons (Fsp3) is 0.600. The fourth-order valence-corrected chi connectivity index (χ4v) is 2.12. The third-order valence-corrected chi connectivity index (χ3v) is 3.21. The smallest absolute Gasteiger partial charge is 0.120 e. The lowest BCUT2D eigenvalue weighted by molar-refractivity contribution is 0.171. The third kappa shape index (κ3) is 3.72. The molecule has 1 aliphatic rings. The lowest BCUT2D eigenvalue weighted by Gasteiger charge is -2.23. The Labute approximate surface area is 109 Å². The van der Waals surface area contributed by atoms with Gasteiger partial charge in [0.25, 0.3) is 0 Å². The van der Waals surface area contributed by atoms with E-state index in [1.807, 2.05) is 26.0 Å². The molecule has 1 atom stereocenters. The van der Waals surface area contributed by atoms with Gasteiger partial charge in [-0.2, -0.15) is 0 Å². The molecule has 0 saturated carbocycles.